The third-order valence-electron chi connectivity index (χ3n) is 4.13. The van der Waals surface area contributed by atoms with Crippen LogP contribution in [0, 0.1) is 5.82 Å². The molecule has 1 heterocycles. The van der Waals surface area contributed by atoms with Crippen molar-refractivity contribution < 1.29 is 9.13 Å². The molecule has 0 saturated carbocycles. The summed E-state index contributed by atoms with van der Waals surface area (Å²) in [6.45, 7) is 5.86. The Morgan fingerprint density at radius 2 is 2.00 bits per heavy atom. The smallest absolute Gasteiger partial charge is 0.127 e. The maximum Gasteiger partial charge on any atom is 0.127 e. The minimum atomic E-state index is -0.145. The minimum Gasteiger partial charge on any atom is -0.379 e. The Hall–Kier alpha value is -0.930. The molecule has 1 saturated heterocycles. The van der Waals surface area contributed by atoms with Crippen LogP contribution in [0.3, 0.4) is 0 Å². The quantitative estimate of drug-likeness (QED) is 0.869. The number of benzene rings is 1. The van der Waals surface area contributed by atoms with Crippen LogP contribution in [0.5, 0.6) is 0 Å². The molecule has 18 heavy (non-hydrogen) atoms. The standard InChI is InChI=1S/C15H22FNO/c1-14(2,18-3)8-9-15(10-17-11-15)12-6-4-5-7-13(12)16/h4-7,17H,8-11H2,1-3H3. The molecule has 0 unspecified atom stereocenters. The normalized spacial score (nSPS) is 18.4. The van der Waals surface area contributed by atoms with Crippen LogP contribution in [0.15, 0.2) is 24.3 Å². The molecule has 2 nitrogen and oxygen atoms in total. The van der Waals surface area contributed by atoms with Crippen molar-refractivity contribution in [3.63, 3.8) is 0 Å². The molecule has 0 aromatic heterocycles. The van der Waals surface area contributed by atoms with Crippen LogP contribution in [0.4, 0.5) is 4.39 Å². The molecule has 100 valence electrons. The van der Waals surface area contributed by atoms with Gasteiger partial charge in [0, 0.05) is 25.6 Å². The highest BCUT2D eigenvalue weighted by Gasteiger charge is 2.41. The van der Waals surface area contributed by atoms with Crippen LogP contribution in [-0.4, -0.2) is 25.8 Å². The van der Waals surface area contributed by atoms with Crippen molar-refractivity contribution in [2.75, 3.05) is 20.2 Å². The summed E-state index contributed by atoms with van der Waals surface area (Å²) in [5.74, 6) is -0.0887. The molecule has 0 amide bonds. The van der Waals surface area contributed by atoms with Crippen LogP contribution in [0.1, 0.15) is 32.3 Å². The lowest BCUT2D eigenvalue weighted by atomic mass is 9.70. The van der Waals surface area contributed by atoms with E-state index in [1.165, 1.54) is 0 Å². The Morgan fingerprint density at radius 3 is 2.50 bits per heavy atom. The number of rotatable bonds is 5. The van der Waals surface area contributed by atoms with Gasteiger partial charge in [-0.05, 0) is 38.3 Å². The second kappa shape index (κ2) is 4.98. The lowest BCUT2D eigenvalue weighted by Crippen LogP contribution is -2.57. The average Bonchev–Trinajstić information content (AvgIpc) is 2.30. The first-order valence-corrected chi connectivity index (χ1v) is 6.50. The zero-order chi connectivity index (χ0) is 13.2. The fraction of sp³-hybridized carbons (Fsp3) is 0.600. The van der Waals surface area contributed by atoms with Crippen LogP contribution in [-0.2, 0) is 10.2 Å². The zero-order valence-corrected chi connectivity index (χ0v) is 11.4. The number of nitrogens with one attached hydrogen (secondary N) is 1. The number of methoxy groups -OCH3 is 1. The zero-order valence-electron chi connectivity index (χ0n) is 11.4. The first-order valence-electron chi connectivity index (χ1n) is 6.50. The van der Waals surface area contributed by atoms with Crippen molar-refractivity contribution in [2.24, 2.45) is 0 Å². The Bertz CT molecular complexity index is 413. The lowest BCUT2D eigenvalue weighted by molar-refractivity contribution is 0.00543. The van der Waals surface area contributed by atoms with Gasteiger partial charge in [-0.1, -0.05) is 18.2 Å². The Morgan fingerprint density at radius 1 is 1.33 bits per heavy atom. The van der Waals surface area contributed by atoms with Gasteiger partial charge in [-0.25, -0.2) is 4.39 Å². The van der Waals surface area contributed by atoms with Crippen molar-refractivity contribution in [2.45, 2.75) is 37.7 Å². The minimum absolute atomic E-state index is 0.0544. The molecule has 1 aliphatic heterocycles. The number of hydrogen-bond donors (Lipinski definition) is 1. The van der Waals surface area contributed by atoms with Crippen molar-refractivity contribution in [3.05, 3.63) is 35.6 Å². The summed E-state index contributed by atoms with van der Waals surface area (Å²) in [6.07, 6.45) is 1.88. The topological polar surface area (TPSA) is 21.3 Å². The van der Waals surface area contributed by atoms with E-state index in [0.717, 1.165) is 31.5 Å². The second-order valence-electron chi connectivity index (χ2n) is 5.83. The Balaban J connectivity index is 2.15. The highest BCUT2D eigenvalue weighted by atomic mass is 19.1. The van der Waals surface area contributed by atoms with E-state index in [9.17, 15) is 4.39 Å². The highest BCUT2D eigenvalue weighted by Crippen LogP contribution is 2.37. The molecule has 3 heteroatoms. The molecular weight excluding hydrogens is 229 g/mol. The summed E-state index contributed by atoms with van der Waals surface area (Å²) < 4.78 is 19.4. The molecule has 1 aliphatic rings. The molecular formula is C15H22FNO. The fourth-order valence-electron chi connectivity index (χ4n) is 2.46. The third kappa shape index (κ3) is 2.57. The maximum absolute atomic E-state index is 13.9. The van der Waals surface area contributed by atoms with Crippen molar-refractivity contribution >= 4 is 0 Å². The van der Waals surface area contributed by atoms with Gasteiger partial charge in [0.2, 0.25) is 0 Å². The van der Waals surface area contributed by atoms with Gasteiger partial charge in [0.15, 0.2) is 0 Å². The predicted octanol–water partition coefficient (Wildman–Crippen LogP) is 2.87. The lowest BCUT2D eigenvalue weighted by Gasteiger charge is -2.45. The van der Waals surface area contributed by atoms with Crippen molar-refractivity contribution in [1.82, 2.24) is 5.32 Å². The largest absolute Gasteiger partial charge is 0.379 e. The molecule has 1 aromatic rings. The molecule has 1 N–H and O–H groups in total. The van der Waals surface area contributed by atoms with E-state index in [1.54, 1.807) is 19.2 Å². The van der Waals surface area contributed by atoms with Crippen LogP contribution < -0.4 is 5.32 Å². The van der Waals surface area contributed by atoms with Crippen LogP contribution >= 0.6 is 0 Å². The van der Waals surface area contributed by atoms with Gasteiger partial charge in [0.1, 0.15) is 5.82 Å². The second-order valence-corrected chi connectivity index (χ2v) is 5.83. The molecule has 0 bridgehead atoms. The molecule has 2 rings (SSSR count). The predicted molar refractivity (Wildman–Crippen MR) is 71.3 cm³/mol. The molecule has 0 aliphatic carbocycles. The molecule has 1 aromatic carbocycles. The van der Waals surface area contributed by atoms with Gasteiger partial charge in [-0.3, -0.25) is 0 Å². The van der Waals surface area contributed by atoms with E-state index in [-0.39, 0.29) is 16.8 Å². The Labute approximate surface area is 109 Å². The summed E-state index contributed by atoms with van der Waals surface area (Å²) in [5, 5.41) is 3.27. The SMILES string of the molecule is COC(C)(C)CCC1(c2ccccc2F)CNC1. The summed E-state index contributed by atoms with van der Waals surface area (Å²) in [4.78, 5) is 0. The van der Waals surface area contributed by atoms with Gasteiger partial charge in [0.25, 0.3) is 0 Å². The van der Waals surface area contributed by atoms with Crippen molar-refractivity contribution in [1.29, 1.82) is 0 Å². The van der Waals surface area contributed by atoms with Gasteiger partial charge in [-0.15, -0.1) is 0 Å². The van der Waals surface area contributed by atoms with Gasteiger partial charge < -0.3 is 10.1 Å². The molecule has 0 atom stereocenters. The number of halogens is 1. The van der Waals surface area contributed by atoms with E-state index in [0.29, 0.717) is 0 Å². The first kappa shape index (κ1) is 13.5. The first-order chi connectivity index (χ1) is 8.49. The summed E-state index contributed by atoms with van der Waals surface area (Å²) >= 11 is 0. The summed E-state index contributed by atoms with van der Waals surface area (Å²) in [6, 6.07) is 7.13. The van der Waals surface area contributed by atoms with Gasteiger partial charge >= 0.3 is 0 Å². The van der Waals surface area contributed by atoms with E-state index in [2.05, 4.69) is 19.2 Å². The highest BCUT2D eigenvalue weighted by molar-refractivity contribution is 5.31. The van der Waals surface area contributed by atoms with Crippen LogP contribution in [0.2, 0.25) is 0 Å². The van der Waals surface area contributed by atoms with Gasteiger partial charge in [0.05, 0.1) is 5.60 Å². The average molecular weight is 251 g/mol. The van der Waals surface area contributed by atoms with Crippen molar-refractivity contribution in [3.8, 4) is 0 Å². The maximum atomic E-state index is 13.9. The summed E-state index contributed by atoms with van der Waals surface area (Å²) in [7, 11) is 1.73. The van der Waals surface area contributed by atoms with Gasteiger partial charge in [-0.2, -0.15) is 0 Å². The molecule has 0 spiro atoms. The fourth-order valence-corrected chi connectivity index (χ4v) is 2.46. The third-order valence-corrected chi connectivity index (χ3v) is 4.13. The Kier molecular flexibility index (Phi) is 3.74. The number of hydrogen-bond acceptors (Lipinski definition) is 2. The van der Waals surface area contributed by atoms with E-state index in [4.69, 9.17) is 4.74 Å². The van der Waals surface area contributed by atoms with E-state index >= 15 is 0 Å². The molecule has 0 radical (unpaired) electrons. The monoisotopic (exact) mass is 251 g/mol. The van der Waals surface area contributed by atoms with E-state index in [1.807, 2.05) is 12.1 Å². The number of ether oxygens (including phenoxy) is 1. The summed E-state index contributed by atoms with van der Waals surface area (Å²) in [5.41, 5.74) is 0.644. The van der Waals surface area contributed by atoms with E-state index < -0.39 is 0 Å². The molecule has 1 fully saturated rings. The van der Waals surface area contributed by atoms with Crippen LogP contribution in [0.25, 0.3) is 0 Å².